The van der Waals surface area contributed by atoms with Crippen LogP contribution in [0.2, 0.25) is 0 Å². The zero-order valence-corrected chi connectivity index (χ0v) is 23.2. The van der Waals surface area contributed by atoms with Crippen LogP contribution in [0.25, 0.3) is 0 Å². The SMILES string of the molecule is CC1(C2[C@@H](O)C[C@@]3(C)C4CCC5C(C)(C)/C(=N/O)CC[C@@]56C[C@@]46CC[C@]23C)CC[C@H](C(C)(C)O)O1. The maximum Gasteiger partial charge on any atom is 0.0865 e. The van der Waals surface area contributed by atoms with Crippen molar-refractivity contribution in [2.24, 2.45) is 50.0 Å². The molecule has 198 valence electrons. The molecule has 1 heterocycles. The maximum atomic E-state index is 11.7. The highest BCUT2D eigenvalue weighted by atomic mass is 16.5. The molecule has 6 aliphatic rings. The van der Waals surface area contributed by atoms with Gasteiger partial charge in [-0.1, -0.05) is 32.9 Å². The molecule has 6 rings (SSSR count). The highest BCUT2D eigenvalue weighted by molar-refractivity contribution is 5.90. The monoisotopic (exact) mass is 487 g/mol. The lowest BCUT2D eigenvalue weighted by atomic mass is 9.41. The minimum atomic E-state index is -0.856. The Labute approximate surface area is 212 Å². The molecule has 0 aromatic heterocycles. The van der Waals surface area contributed by atoms with Gasteiger partial charge in [0.25, 0.3) is 0 Å². The van der Waals surface area contributed by atoms with E-state index < -0.39 is 11.2 Å². The molecule has 3 N–H and O–H groups in total. The van der Waals surface area contributed by atoms with Gasteiger partial charge in [-0.3, -0.25) is 0 Å². The van der Waals surface area contributed by atoms with Crippen LogP contribution in [0.3, 0.4) is 0 Å². The number of ether oxygens (including phenoxy) is 1. The molecule has 1 saturated heterocycles. The van der Waals surface area contributed by atoms with Crippen molar-refractivity contribution in [1.82, 2.24) is 0 Å². The van der Waals surface area contributed by atoms with E-state index in [9.17, 15) is 15.4 Å². The lowest BCUT2D eigenvalue weighted by Crippen LogP contribution is -2.59. The number of rotatable bonds is 2. The minimum Gasteiger partial charge on any atom is -0.411 e. The third-order valence-corrected chi connectivity index (χ3v) is 13.7. The Morgan fingerprint density at radius 1 is 0.886 bits per heavy atom. The fourth-order valence-electron chi connectivity index (χ4n) is 12.1. The second-order valence-corrected chi connectivity index (χ2v) is 15.6. The molecule has 4 unspecified atom stereocenters. The second-order valence-electron chi connectivity index (χ2n) is 15.6. The molecule has 0 aromatic carbocycles. The van der Waals surface area contributed by atoms with Crippen molar-refractivity contribution in [1.29, 1.82) is 0 Å². The summed E-state index contributed by atoms with van der Waals surface area (Å²) in [6.07, 6.45) is 10.4. The van der Waals surface area contributed by atoms with Gasteiger partial charge in [0.2, 0.25) is 0 Å². The quantitative estimate of drug-likeness (QED) is 0.333. The summed E-state index contributed by atoms with van der Waals surface area (Å²) in [5.74, 6) is 1.35. The Morgan fingerprint density at radius 2 is 1.54 bits per heavy atom. The average molecular weight is 488 g/mol. The summed E-state index contributed by atoms with van der Waals surface area (Å²) in [6.45, 7) is 15.6. The second kappa shape index (κ2) is 6.86. The normalized spacial score (nSPS) is 57.9. The van der Waals surface area contributed by atoms with Gasteiger partial charge in [0.15, 0.2) is 0 Å². The van der Waals surface area contributed by atoms with Crippen LogP contribution in [-0.2, 0) is 4.74 Å². The van der Waals surface area contributed by atoms with Gasteiger partial charge in [0, 0.05) is 11.3 Å². The summed E-state index contributed by atoms with van der Waals surface area (Å²) in [5, 5.41) is 35.9. The number of hydrogen-bond donors (Lipinski definition) is 3. The zero-order valence-electron chi connectivity index (χ0n) is 23.2. The molecule has 5 aliphatic carbocycles. The smallest absolute Gasteiger partial charge is 0.0865 e. The van der Waals surface area contributed by atoms with Crippen LogP contribution in [0.5, 0.6) is 0 Å². The van der Waals surface area contributed by atoms with Crippen molar-refractivity contribution in [2.45, 2.75) is 136 Å². The maximum absolute atomic E-state index is 11.7. The topological polar surface area (TPSA) is 82.3 Å². The number of oxime groups is 1. The van der Waals surface area contributed by atoms with E-state index in [1.807, 2.05) is 13.8 Å². The molecule has 10 atom stereocenters. The van der Waals surface area contributed by atoms with Gasteiger partial charge in [-0.15, -0.1) is 0 Å². The Morgan fingerprint density at radius 3 is 2.17 bits per heavy atom. The minimum absolute atomic E-state index is 0.0296. The fourth-order valence-corrected chi connectivity index (χ4v) is 12.1. The molecule has 5 heteroatoms. The van der Waals surface area contributed by atoms with Gasteiger partial charge in [0.1, 0.15) is 0 Å². The molecule has 5 saturated carbocycles. The van der Waals surface area contributed by atoms with Crippen LogP contribution in [-0.4, -0.2) is 44.5 Å². The first-order chi connectivity index (χ1) is 16.1. The van der Waals surface area contributed by atoms with Crippen molar-refractivity contribution >= 4 is 5.71 Å². The number of nitrogens with zero attached hydrogens (tertiary/aromatic N) is 1. The van der Waals surface area contributed by atoms with E-state index in [1.165, 1.54) is 32.1 Å². The fraction of sp³-hybridized carbons (Fsp3) is 0.967. The van der Waals surface area contributed by atoms with Gasteiger partial charge in [-0.25, -0.2) is 0 Å². The molecule has 6 fully saturated rings. The van der Waals surface area contributed by atoms with Crippen LogP contribution < -0.4 is 0 Å². The van der Waals surface area contributed by atoms with Crippen molar-refractivity contribution in [3.8, 4) is 0 Å². The van der Waals surface area contributed by atoms with Crippen LogP contribution in [0, 0.1) is 44.8 Å². The van der Waals surface area contributed by atoms with Crippen LogP contribution in [0.4, 0.5) is 0 Å². The third kappa shape index (κ3) is 2.74. The Kier molecular flexibility index (Phi) is 4.83. The van der Waals surface area contributed by atoms with E-state index in [-0.39, 0.29) is 34.4 Å². The Bertz CT molecular complexity index is 954. The van der Waals surface area contributed by atoms with Crippen LogP contribution in [0.1, 0.15) is 113 Å². The highest BCUT2D eigenvalue weighted by Crippen LogP contribution is 2.89. The van der Waals surface area contributed by atoms with Gasteiger partial charge in [-0.2, -0.15) is 0 Å². The van der Waals surface area contributed by atoms with E-state index in [0.717, 1.165) is 37.8 Å². The summed E-state index contributed by atoms with van der Waals surface area (Å²) >= 11 is 0. The first-order valence-electron chi connectivity index (χ1n) is 14.4. The van der Waals surface area contributed by atoms with Gasteiger partial charge >= 0.3 is 0 Å². The van der Waals surface area contributed by atoms with E-state index in [1.54, 1.807) is 0 Å². The van der Waals surface area contributed by atoms with Crippen molar-refractivity contribution < 1.29 is 20.2 Å². The predicted octanol–water partition coefficient (Wildman–Crippen LogP) is 5.94. The average Bonchev–Trinajstić information content (AvgIpc) is 3.13. The van der Waals surface area contributed by atoms with Gasteiger partial charge < -0.3 is 20.2 Å². The number of aliphatic hydroxyl groups is 2. The molecule has 0 radical (unpaired) electrons. The van der Waals surface area contributed by atoms with Gasteiger partial charge in [-0.05, 0) is 118 Å². The zero-order chi connectivity index (χ0) is 25.4. The van der Waals surface area contributed by atoms with E-state index in [0.29, 0.717) is 22.7 Å². The molecular weight excluding hydrogens is 438 g/mol. The largest absolute Gasteiger partial charge is 0.411 e. The lowest BCUT2D eigenvalue weighted by Gasteiger charge is -2.63. The van der Waals surface area contributed by atoms with Crippen molar-refractivity contribution in [3.05, 3.63) is 0 Å². The summed E-state index contributed by atoms with van der Waals surface area (Å²) < 4.78 is 6.69. The summed E-state index contributed by atoms with van der Waals surface area (Å²) in [5.41, 5.74) is 0.639. The van der Waals surface area contributed by atoms with Gasteiger partial charge in [0.05, 0.1) is 29.1 Å². The van der Waals surface area contributed by atoms with Crippen LogP contribution >= 0.6 is 0 Å². The summed E-state index contributed by atoms with van der Waals surface area (Å²) in [4.78, 5) is 0. The van der Waals surface area contributed by atoms with Crippen molar-refractivity contribution in [2.75, 3.05) is 0 Å². The van der Waals surface area contributed by atoms with E-state index in [4.69, 9.17) is 4.74 Å². The van der Waals surface area contributed by atoms with Crippen molar-refractivity contribution in [3.63, 3.8) is 0 Å². The first-order valence-corrected chi connectivity index (χ1v) is 14.4. The standard InChI is InChI=1S/C30H49NO4/c1-24(2)19-8-9-20-27(6)16-18(32)23(28(7)12-11-22(35-28)25(3,4)33)26(27,5)14-15-30(20)17-29(19,30)13-10-21(24)31-34/h18-20,22-23,32-34H,8-17H2,1-7H3/b31-21+/t18-,19?,20?,22+,23?,26+,27-,28?,29+,30-/m0/s1. The number of fused-ring (bicyclic) bond motifs is 2. The van der Waals surface area contributed by atoms with Crippen LogP contribution in [0.15, 0.2) is 5.16 Å². The Balaban J connectivity index is 1.34. The predicted molar refractivity (Wildman–Crippen MR) is 136 cm³/mol. The number of hydrogen-bond acceptors (Lipinski definition) is 5. The molecule has 5 nitrogen and oxygen atoms in total. The molecule has 0 aromatic rings. The number of aliphatic hydroxyl groups excluding tert-OH is 1. The van der Waals surface area contributed by atoms with E-state index >= 15 is 0 Å². The Hall–Kier alpha value is -0.650. The summed E-state index contributed by atoms with van der Waals surface area (Å²) in [7, 11) is 0. The molecular formula is C30H49NO4. The third-order valence-electron chi connectivity index (χ3n) is 13.7. The lowest BCUT2D eigenvalue weighted by molar-refractivity contribution is -0.190. The molecule has 0 amide bonds. The molecule has 2 spiro atoms. The molecule has 35 heavy (non-hydrogen) atoms. The molecule has 1 aliphatic heterocycles. The highest BCUT2D eigenvalue weighted by Gasteiger charge is 2.83. The summed E-state index contributed by atoms with van der Waals surface area (Å²) in [6, 6.07) is 0. The first kappa shape index (κ1) is 24.7. The molecule has 0 bridgehead atoms. The van der Waals surface area contributed by atoms with E-state index in [2.05, 4.69) is 39.8 Å².